The molecule has 0 aliphatic carbocycles. The number of halogens is 3. The average Bonchev–Trinajstić information content (AvgIpc) is 2.51. The number of hydrogen-bond acceptors (Lipinski definition) is 3. The van der Waals surface area contributed by atoms with E-state index in [1.165, 1.54) is 0 Å². The van der Waals surface area contributed by atoms with E-state index >= 15 is 0 Å². The van der Waals surface area contributed by atoms with Crippen LogP contribution >= 0.6 is 0 Å². The van der Waals surface area contributed by atoms with Gasteiger partial charge in [-0.3, -0.25) is 0 Å². The Labute approximate surface area is 125 Å². The first kappa shape index (κ1) is 16.5. The van der Waals surface area contributed by atoms with Crippen LogP contribution in [0.5, 0.6) is 0 Å². The van der Waals surface area contributed by atoms with Crippen molar-refractivity contribution in [3.8, 4) is 0 Å². The molecule has 0 aliphatic rings. The molecule has 0 aromatic heterocycles. The van der Waals surface area contributed by atoms with Crippen molar-refractivity contribution in [3.63, 3.8) is 0 Å². The van der Waals surface area contributed by atoms with E-state index in [2.05, 4.69) is 4.72 Å². The van der Waals surface area contributed by atoms with Crippen molar-refractivity contribution in [3.05, 3.63) is 65.5 Å². The smallest absolute Gasteiger partial charge is 0.244 e. The van der Waals surface area contributed by atoms with Crippen LogP contribution < -0.4 is 4.72 Å². The minimum absolute atomic E-state index is 0.441. The largest absolute Gasteiger partial charge is 0.394 e. The monoisotopic (exact) mass is 331 g/mol. The fraction of sp³-hybridized carbons (Fsp3) is 0.143. The number of nitrogens with one attached hydrogen (secondary N) is 1. The van der Waals surface area contributed by atoms with Gasteiger partial charge in [-0.2, -0.15) is 0 Å². The Kier molecular flexibility index (Phi) is 4.84. The molecule has 0 fully saturated rings. The minimum atomic E-state index is -4.48. The molecule has 22 heavy (non-hydrogen) atoms. The van der Waals surface area contributed by atoms with Crippen LogP contribution in [0.3, 0.4) is 0 Å². The molecular weight excluding hydrogens is 319 g/mol. The third-order valence-electron chi connectivity index (χ3n) is 2.97. The van der Waals surface area contributed by atoms with Crippen LogP contribution in [0.25, 0.3) is 0 Å². The summed E-state index contributed by atoms with van der Waals surface area (Å²) in [6.07, 6.45) is 0. The van der Waals surface area contributed by atoms with Gasteiger partial charge in [0.2, 0.25) is 10.0 Å². The summed E-state index contributed by atoms with van der Waals surface area (Å²) in [6.45, 7) is -0.589. The second-order valence-electron chi connectivity index (χ2n) is 4.44. The topological polar surface area (TPSA) is 66.4 Å². The molecule has 0 aliphatic heterocycles. The lowest BCUT2D eigenvalue weighted by atomic mass is 10.1. The Morgan fingerprint density at radius 2 is 1.64 bits per heavy atom. The van der Waals surface area contributed by atoms with Crippen molar-refractivity contribution < 1.29 is 26.7 Å². The van der Waals surface area contributed by atoms with Crippen LogP contribution in [0.15, 0.2) is 47.4 Å². The Hall–Kier alpha value is -1.90. The van der Waals surface area contributed by atoms with Gasteiger partial charge in [0, 0.05) is 0 Å². The summed E-state index contributed by atoms with van der Waals surface area (Å²) in [5, 5.41) is 9.30. The van der Waals surface area contributed by atoms with Gasteiger partial charge >= 0.3 is 0 Å². The summed E-state index contributed by atoms with van der Waals surface area (Å²) >= 11 is 0. The molecule has 0 radical (unpaired) electrons. The lowest BCUT2D eigenvalue weighted by Crippen LogP contribution is -2.31. The van der Waals surface area contributed by atoms with Crippen LogP contribution in [0, 0.1) is 17.5 Å². The van der Waals surface area contributed by atoms with E-state index in [4.69, 9.17) is 0 Å². The second-order valence-corrected chi connectivity index (χ2v) is 6.12. The lowest BCUT2D eigenvalue weighted by Gasteiger charge is -2.17. The number of sulfonamides is 1. The Balaban J connectivity index is 2.37. The van der Waals surface area contributed by atoms with Crippen molar-refractivity contribution in [1.29, 1.82) is 0 Å². The lowest BCUT2D eigenvalue weighted by molar-refractivity contribution is 0.258. The zero-order valence-corrected chi connectivity index (χ0v) is 11.9. The first-order valence-electron chi connectivity index (χ1n) is 6.18. The molecule has 0 saturated heterocycles. The summed E-state index contributed by atoms with van der Waals surface area (Å²) < 4.78 is 65.9. The van der Waals surface area contributed by atoms with Gasteiger partial charge in [0.05, 0.1) is 12.6 Å². The molecule has 118 valence electrons. The maximum atomic E-state index is 13.6. The highest BCUT2D eigenvalue weighted by Crippen LogP contribution is 2.22. The summed E-state index contributed by atoms with van der Waals surface area (Å²) in [6, 6.07) is 8.17. The van der Waals surface area contributed by atoms with E-state index in [1.807, 2.05) is 0 Å². The molecule has 1 unspecified atom stereocenters. The molecule has 0 bridgehead atoms. The SMILES string of the molecule is O=S(=O)(NC(CO)c1ccccc1)c1ccc(F)c(F)c1F. The number of aliphatic hydroxyl groups excluding tert-OH is 1. The zero-order chi connectivity index (χ0) is 16.3. The van der Waals surface area contributed by atoms with Crippen molar-refractivity contribution in [2.24, 2.45) is 0 Å². The van der Waals surface area contributed by atoms with E-state index in [-0.39, 0.29) is 0 Å². The zero-order valence-electron chi connectivity index (χ0n) is 11.1. The Bertz CT molecular complexity index is 766. The van der Waals surface area contributed by atoms with Gasteiger partial charge in [0.25, 0.3) is 0 Å². The van der Waals surface area contributed by atoms with E-state index in [1.54, 1.807) is 30.3 Å². The van der Waals surface area contributed by atoms with Crippen molar-refractivity contribution in [1.82, 2.24) is 4.72 Å². The molecule has 1 atom stereocenters. The van der Waals surface area contributed by atoms with Crippen LogP contribution in [0.2, 0.25) is 0 Å². The van der Waals surface area contributed by atoms with Crippen LogP contribution in [-0.2, 0) is 10.0 Å². The second kappa shape index (κ2) is 6.47. The van der Waals surface area contributed by atoms with E-state index in [0.29, 0.717) is 17.7 Å². The average molecular weight is 331 g/mol. The molecule has 2 rings (SSSR count). The van der Waals surface area contributed by atoms with Crippen LogP contribution in [0.4, 0.5) is 13.2 Å². The molecule has 8 heteroatoms. The fourth-order valence-electron chi connectivity index (χ4n) is 1.86. The van der Waals surface area contributed by atoms with Gasteiger partial charge < -0.3 is 5.11 Å². The molecule has 4 nitrogen and oxygen atoms in total. The molecule has 0 amide bonds. The molecule has 2 aromatic carbocycles. The van der Waals surface area contributed by atoms with E-state index < -0.39 is 45.0 Å². The van der Waals surface area contributed by atoms with Gasteiger partial charge in [-0.25, -0.2) is 26.3 Å². The van der Waals surface area contributed by atoms with Crippen LogP contribution in [0.1, 0.15) is 11.6 Å². The van der Waals surface area contributed by atoms with Gasteiger partial charge in [-0.05, 0) is 17.7 Å². The molecule has 0 saturated carbocycles. The highest BCUT2D eigenvalue weighted by atomic mass is 32.2. The quantitative estimate of drug-likeness (QED) is 0.825. The predicted molar refractivity (Wildman–Crippen MR) is 72.9 cm³/mol. The highest BCUT2D eigenvalue weighted by Gasteiger charge is 2.27. The van der Waals surface area contributed by atoms with Gasteiger partial charge in [-0.1, -0.05) is 30.3 Å². The Morgan fingerprint density at radius 3 is 2.23 bits per heavy atom. The number of rotatable bonds is 5. The fourth-order valence-corrected chi connectivity index (χ4v) is 3.15. The Morgan fingerprint density at radius 1 is 1.00 bits per heavy atom. The summed E-state index contributed by atoms with van der Waals surface area (Å²) in [7, 11) is -4.48. The molecular formula is C14H12F3NO3S. The molecule has 2 N–H and O–H groups in total. The maximum Gasteiger partial charge on any atom is 0.244 e. The summed E-state index contributed by atoms with van der Waals surface area (Å²) in [4.78, 5) is -1.03. The summed E-state index contributed by atoms with van der Waals surface area (Å²) in [5.41, 5.74) is 0.441. The molecule has 2 aromatic rings. The maximum absolute atomic E-state index is 13.6. The van der Waals surface area contributed by atoms with Crippen LogP contribution in [-0.4, -0.2) is 20.1 Å². The predicted octanol–water partition coefficient (Wildman–Crippen LogP) is 2.12. The summed E-state index contributed by atoms with van der Waals surface area (Å²) in [5.74, 6) is -5.17. The van der Waals surface area contributed by atoms with E-state index in [9.17, 15) is 26.7 Å². The third-order valence-corrected chi connectivity index (χ3v) is 4.46. The first-order valence-corrected chi connectivity index (χ1v) is 7.66. The van der Waals surface area contributed by atoms with Gasteiger partial charge in [0.15, 0.2) is 17.5 Å². The van der Waals surface area contributed by atoms with Gasteiger partial charge in [-0.15, -0.1) is 0 Å². The van der Waals surface area contributed by atoms with Crippen molar-refractivity contribution in [2.45, 2.75) is 10.9 Å². The van der Waals surface area contributed by atoms with Crippen molar-refractivity contribution >= 4 is 10.0 Å². The number of benzene rings is 2. The standard InChI is InChI=1S/C14H12F3NO3S/c15-10-6-7-12(14(17)13(10)16)22(20,21)18-11(8-19)9-4-2-1-3-5-9/h1-7,11,18-19H,8H2. The first-order chi connectivity index (χ1) is 10.4. The van der Waals surface area contributed by atoms with Gasteiger partial charge in [0.1, 0.15) is 4.90 Å². The normalized spacial score (nSPS) is 13.1. The third kappa shape index (κ3) is 3.29. The molecule has 0 heterocycles. The van der Waals surface area contributed by atoms with Crippen molar-refractivity contribution in [2.75, 3.05) is 6.61 Å². The highest BCUT2D eigenvalue weighted by molar-refractivity contribution is 7.89. The molecule has 0 spiro atoms. The van der Waals surface area contributed by atoms with E-state index in [0.717, 1.165) is 0 Å². The number of aliphatic hydroxyl groups is 1. The number of hydrogen-bond donors (Lipinski definition) is 2. The minimum Gasteiger partial charge on any atom is -0.394 e.